The number of aromatic nitrogens is 1. The van der Waals surface area contributed by atoms with Gasteiger partial charge in [0.05, 0.1) is 5.52 Å². The first-order chi connectivity index (χ1) is 7.83. The Bertz CT molecular complexity index is 503. The molecule has 0 radical (unpaired) electrons. The lowest BCUT2D eigenvalue weighted by Crippen LogP contribution is -2.10. The van der Waals surface area contributed by atoms with E-state index in [9.17, 15) is 0 Å². The Hall–Kier alpha value is -1.41. The summed E-state index contributed by atoms with van der Waals surface area (Å²) in [6.07, 6.45) is 5.68. The average Bonchev–Trinajstić information content (AvgIpc) is 3.12. The van der Waals surface area contributed by atoms with Gasteiger partial charge in [0.1, 0.15) is 0 Å². The molecule has 0 aliphatic heterocycles. The Balaban J connectivity index is 1.91. The van der Waals surface area contributed by atoms with Crippen molar-refractivity contribution in [3.8, 4) is 0 Å². The predicted molar refractivity (Wildman–Crippen MR) is 66.0 cm³/mol. The van der Waals surface area contributed by atoms with Gasteiger partial charge < -0.3 is 5.73 Å². The fraction of sp³-hybridized carbons (Fsp3) is 0.357. The van der Waals surface area contributed by atoms with Crippen LogP contribution < -0.4 is 5.73 Å². The Morgan fingerprint density at radius 3 is 3.00 bits per heavy atom. The zero-order chi connectivity index (χ0) is 11.0. The standard InChI is InChI=1S/C14H16N2/c15-13(8-10-3-4-10)11-5-6-14-12(9-11)2-1-7-16-14/h1-2,5-7,9-10,13H,3-4,8,15H2. The van der Waals surface area contributed by atoms with Gasteiger partial charge in [0.15, 0.2) is 0 Å². The van der Waals surface area contributed by atoms with E-state index in [1.54, 1.807) is 0 Å². The van der Waals surface area contributed by atoms with E-state index < -0.39 is 0 Å². The summed E-state index contributed by atoms with van der Waals surface area (Å²) >= 11 is 0. The van der Waals surface area contributed by atoms with Crippen LogP contribution in [0.2, 0.25) is 0 Å². The van der Waals surface area contributed by atoms with Gasteiger partial charge in [-0.05, 0) is 36.1 Å². The Morgan fingerprint density at radius 1 is 1.31 bits per heavy atom. The summed E-state index contributed by atoms with van der Waals surface area (Å²) < 4.78 is 0. The smallest absolute Gasteiger partial charge is 0.0702 e. The van der Waals surface area contributed by atoms with Crippen LogP contribution in [0.1, 0.15) is 30.9 Å². The Morgan fingerprint density at radius 2 is 2.19 bits per heavy atom. The van der Waals surface area contributed by atoms with Crippen molar-refractivity contribution in [1.29, 1.82) is 0 Å². The van der Waals surface area contributed by atoms with Gasteiger partial charge in [0, 0.05) is 17.6 Å². The van der Waals surface area contributed by atoms with Crippen molar-refractivity contribution in [3.63, 3.8) is 0 Å². The van der Waals surface area contributed by atoms with E-state index in [1.807, 2.05) is 12.3 Å². The number of benzene rings is 1. The molecule has 82 valence electrons. The van der Waals surface area contributed by atoms with Crippen LogP contribution in [0.15, 0.2) is 36.5 Å². The molecule has 1 aromatic heterocycles. The molecule has 1 aliphatic rings. The number of rotatable bonds is 3. The molecule has 2 nitrogen and oxygen atoms in total. The summed E-state index contributed by atoms with van der Waals surface area (Å²) in [5.41, 5.74) is 8.50. The lowest BCUT2D eigenvalue weighted by atomic mass is 10.0. The summed E-state index contributed by atoms with van der Waals surface area (Å²) in [6, 6.07) is 10.6. The van der Waals surface area contributed by atoms with Gasteiger partial charge >= 0.3 is 0 Å². The SMILES string of the molecule is NC(CC1CC1)c1ccc2ncccc2c1. The molecular weight excluding hydrogens is 196 g/mol. The highest BCUT2D eigenvalue weighted by molar-refractivity contribution is 5.79. The zero-order valence-electron chi connectivity index (χ0n) is 9.26. The van der Waals surface area contributed by atoms with Gasteiger partial charge in [-0.3, -0.25) is 4.98 Å². The van der Waals surface area contributed by atoms with Crippen molar-refractivity contribution in [2.45, 2.75) is 25.3 Å². The fourth-order valence-electron chi connectivity index (χ4n) is 2.17. The molecule has 1 atom stereocenters. The molecule has 0 bridgehead atoms. The van der Waals surface area contributed by atoms with Gasteiger partial charge in [-0.25, -0.2) is 0 Å². The number of nitrogens with zero attached hydrogens (tertiary/aromatic N) is 1. The van der Waals surface area contributed by atoms with E-state index in [4.69, 9.17) is 5.73 Å². The summed E-state index contributed by atoms with van der Waals surface area (Å²) in [5.74, 6) is 0.875. The number of pyridine rings is 1. The third-order valence-corrected chi connectivity index (χ3v) is 3.34. The summed E-state index contributed by atoms with van der Waals surface area (Å²) in [6.45, 7) is 0. The number of fused-ring (bicyclic) bond motifs is 1. The largest absolute Gasteiger partial charge is 0.324 e. The molecule has 0 amide bonds. The van der Waals surface area contributed by atoms with Gasteiger partial charge in [-0.2, -0.15) is 0 Å². The average molecular weight is 212 g/mol. The highest BCUT2D eigenvalue weighted by atomic mass is 14.7. The quantitative estimate of drug-likeness (QED) is 0.849. The summed E-state index contributed by atoms with van der Waals surface area (Å²) in [7, 11) is 0. The second kappa shape index (κ2) is 3.87. The summed E-state index contributed by atoms with van der Waals surface area (Å²) in [5, 5.41) is 1.19. The molecule has 0 spiro atoms. The minimum Gasteiger partial charge on any atom is -0.324 e. The van der Waals surface area contributed by atoms with Crippen LogP contribution in [-0.2, 0) is 0 Å². The van der Waals surface area contributed by atoms with Gasteiger partial charge in [-0.1, -0.05) is 25.0 Å². The third kappa shape index (κ3) is 1.93. The first-order valence-electron chi connectivity index (χ1n) is 5.93. The highest BCUT2D eigenvalue weighted by Gasteiger charge is 2.24. The number of nitrogens with two attached hydrogens (primary N) is 1. The lowest BCUT2D eigenvalue weighted by Gasteiger charge is -2.11. The fourth-order valence-corrected chi connectivity index (χ4v) is 2.17. The normalized spacial score (nSPS) is 17.6. The molecule has 2 aromatic rings. The molecule has 1 fully saturated rings. The van der Waals surface area contributed by atoms with E-state index >= 15 is 0 Å². The molecule has 3 rings (SSSR count). The van der Waals surface area contributed by atoms with E-state index in [0.717, 1.165) is 17.9 Å². The Kier molecular flexibility index (Phi) is 2.37. The molecule has 1 unspecified atom stereocenters. The van der Waals surface area contributed by atoms with Crippen molar-refractivity contribution in [2.75, 3.05) is 0 Å². The van der Waals surface area contributed by atoms with Crippen LogP contribution in [0, 0.1) is 5.92 Å². The predicted octanol–water partition coefficient (Wildman–Crippen LogP) is 3.03. The molecule has 2 heteroatoms. The van der Waals surface area contributed by atoms with E-state index in [1.165, 1.54) is 23.8 Å². The minimum atomic E-state index is 0.192. The minimum absolute atomic E-state index is 0.192. The second-order valence-electron chi connectivity index (χ2n) is 4.74. The van der Waals surface area contributed by atoms with Crippen molar-refractivity contribution in [1.82, 2.24) is 4.98 Å². The van der Waals surface area contributed by atoms with E-state index in [2.05, 4.69) is 29.2 Å². The second-order valence-corrected chi connectivity index (χ2v) is 4.74. The molecule has 1 aliphatic carbocycles. The van der Waals surface area contributed by atoms with Crippen LogP contribution >= 0.6 is 0 Å². The number of hydrogen-bond acceptors (Lipinski definition) is 2. The third-order valence-electron chi connectivity index (χ3n) is 3.34. The van der Waals surface area contributed by atoms with Gasteiger partial charge in [0.25, 0.3) is 0 Å². The van der Waals surface area contributed by atoms with Crippen molar-refractivity contribution >= 4 is 10.9 Å². The van der Waals surface area contributed by atoms with Crippen LogP contribution in [0.25, 0.3) is 10.9 Å². The van der Waals surface area contributed by atoms with Crippen molar-refractivity contribution < 1.29 is 0 Å². The van der Waals surface area contributed by atoms with Crippen LogP contribution in [0.3, 0.4) is 0 Å². The van der Waals surface area contributed by atoms with Crippen LogP contribution in [0.5, 0.6) is 0 Å². The Labute approximate surface area is 95.5 Å². The number of hydrogen-bond donors (Lipinski definition) is 1. The van der Waals surface area contributed by atoms with Crippen LogP contribution in [0.4, 0.5) is 0 Å². The molecule has 2 N–H and O–H groups in total. The maximum atomic E-state index is 6.21. The molecule has 1 aromatic carbocycles. The zero-order valence-corrected chi connectivity index (χ0v) is 9.26. The molecule has 0 saturated heterocycles. The molecular formula is C14H16N2. The molecule has 1 saturated carbocycles. The maximum Gasteiger partial charge on any atom is 0.0702 e. The van der Waals surface area contributed by atoms with E-state index in [0.29, 0.717) is 0 Å². The highest BCUT2D eigenvalue weighted by Crippen LogP contribution is 2.36. The summed E-state index contributed by atoms with van der Waals surface area (Å²) in [4.78, 5) is 4.31. The van der Waals surface area contributed by atoms with Crippen molar-refractivity contribution in [2.24, 2.45) is 11.7 Å². The van der Waals surface area contributed by atoms with Gasteiger partial charge in [0.2, 0.25) is 0 Å². The topological polar surface area (TPSA) is 38.9 Å². The first kappa shape index (κ1) is 9.79. The monoisotopic (exact) mass is 212 g/mol. The molecule has 1 heterocycles. The van der Waals surface area contributed by atoms with Gasteiger partial charge in [-0.15, -0.1) is 0 Å². The lowest BCUT2D eigenvalue weighted by molar-refractivity contribution is 0.597. The first-order valence-corrected chi connectivity index (χ1v) is 5.93. The van der Waals surface area contributed by atoms with Crippen molar-refractivity contribution in [3.05, 3.63) is 42.1 Å². The maximum absolute atomic E-state index is 6.21. The van der Waals surface area contributed by atoms with Crippen LogP contribution in [-0.4, -0.2) is 4.98 Å². The van der Waals surface area contributed by atoms with E-state index in [-0.39, 0.29) is 6.04 Å². The molecule has 16 heavy (non-hydrogen) atoms.